The number of anilines is 1. The zero-order chi connectivity index (χ0) is 10.8. The summed E-state index contributed by atoms with van der Waals surface area (Å²) in [6, 6.07) is 5.67. The maximum atomic E-state index is 5.59. The van der Waals surface area contributed by atoms with Gasteiger partial charge >= 0.3 is 0 Å². The van der Waals surface area contributed by atoms with E-state index in [9.17, 15) is 0 Å². The van der Waals surface area contributed by atoms with Gasteiger partial charge in [0, 0.05) is 0 Å². The van der Waals surface area contributed by atoms with Crippen LogP contribution in [0.25, 0.3) is 10.2 Å². The van der Waals surface area contributed by atoms with Gasteiger partial charge in [-0.1, -0.05) is 11.3 Å². The van der Waals surface area contributed by atoms with Crippen LogP contribution in [0.4, 0.5) is 10.8 Å². The Morgan fingerprint density at radius 2 is 2.33 bits per heavy atom. The van der Waals surface area contributed by atoms with Crippen LogP contribution in [0.2, 0.25) is 0 Å². The maximum Gasteiger partial charge on any atom is 0.286 e. The predicted octanol–water partition coefficient (Wildman–Crippen LogP) is 1.47. The number of fused-ring (bicyclic) bond motifs is 1. The molecule has 0 amide bonds. The standard InChI is InChI=1S/C9H10N4OS/c1-14-8(10)12-5-2-3-6-7(4-5)15-9(11)13-6/h2-4H,1H3,(H2,10,12)(H2,11,13). The van der Waals surface area contributed by atoms with E-state index in [1.807, 2.05) is 18.2 Å². The Labute approximate surface area is 90.4 Å². The zero-order valence-electron chi connectivity index (χ0n) is 8.10. The molecule has 1 aromatic carbocycles. The lowest BCUT2D eigenvalue weighted by atomic mass is 10.3. The Morgan fingerprint density at radius 1 is 1.53 bits per heavy atom. The molecule has 0 aliphatic carbocycles. The molecule has 0 bridgehead atoms. The molecule has 5 nitrogen and oxygen atoms in total. The molecule has 0 saturated carbocycles. The molecule has 15 heavy (non-hydrogen) atoms. The van der Waals surface area contributed by atoms with Gasteiger partial charge in [-0.3, -0.25) is 0 Å². The maximum absolute atomic E-state index is 5.59. The zero-order valence-corrected chi connectivity index (χ0v) is 8.91. The van der Waals surface area contributed by atoms with E-state index < -0.39 is 0 Å². The third-order valence-corrected chi connectivity index (χ3v) is 2.68. The number of ether oxygens (including phenoxy) is 1. The first kappa shape index (κ1) is 9.72. The highest BCUT2D eigenvalue weighted by Crippen LogP contribution is 2.27. The van der Waals surface area contributed by atoms with Gasteiger partial charge < -0.3 is 16.2 Å². The van der Waals surface area contributed by atoms with Crippen molar-refractivity contribution in [3.05, 3.63) is 18.2 Å². The van der Waals surface area contributed by atoms with Crippen molar-refractivity contribution in [3.8, 4) is 0 Å². The van der Waals surface area contributed by atoms with Crippen LogP contribution >= 0.6 is 11.3 Å². The van der Waals surface area contributed by atoms with Gasteiger partial charge in [0.1, 0.15) is 0 Å². The van der Waals surface area contributed by atoms with Crippen LogP contribution in [0.3, 0.4) is 0 Å². The van der Waals surface area contributed by atoms with Gasteiger partial charge in [0.05, 0.1) is 23.0 Å². The number of aromatic nitrogens is 1. The largest absolute Gasteiger partial charge is 0.469 e. The summed E-state index contributed by atoms with van der Waals surface area (Å²) < 4.78 is 5.75. The fourth-order valence-corrected chi connectivity index (χ4v) is 1.94. The van der Waals surface area contributed by atoms with Crippen LogP contribution in [-0.4, -0.2) is 18.1 Å². The van der Waals surface area contributed by atoms with E-state index in [2.05, 4.69) is 9.98 Å². The number of thiazole rings is 1. The molecular weight excluding hydrogens is 212 g/mol. The lowest BCUT2D eigenvalue weighted by Crippen LogP contribution is -2.12. The van der Waals surface area contributed by atoms with Crippen LogP contribution in [0.1, 0.15) is 0 Å². The minimum Gasteiger partial charge on any atom is -0.469 e. The lowest BCUT2D eigenvalue weighted by Gasteiger charge is -1.97. The van der Waals surface area contributed by atoms with Gasteiger partial charge in [0.15, 0.2) is 5.13 Å². The van der Waals surface area contributed by atoms with Crippen molar-refractivity contribution in [1.82, 2.24) is 4.98 Å². The van der Waals surface area contributed by atoms with E-state index in [0.717, 1.165) is 15.9 Å². The number of nitrogen functional groups attached to an aromatic ring is 1. The molecule has 78 valence electrons. The summed E-state index contributed by atoms with van der Waals surface area (Å²) >= 11 is 1.42. The molecule has 2 rings (SSSR count). The van der Waals surface area contributed by atoms with Crippen LogP contribution in [0, 0.1) is 0 Å². The first-order valence-electron chi connectivity index (χ1n) is 4.23. The SMILES string of the molecule is COC(N)=Nc1ccc2nc(N)sc2c1. The number of hydrogen-bond acceptors (Lipinski definition) is 5. The molecule has 0 aliphatic heterocycles. The number of methoxy groups -OCH3 is 1. The van der Waals surface area contributed by atoms with Crippen molar-refractivity contribution in [2.75, 3.05) is 12.8 Å². The number of aliphatic imine (C=N–C) groups is 1. The quantitative estimate of drug-likeness (QED) is 0.565. The molecule has 4 N–H and O–H groups in total. The van der Waals surface area contributed by atoms with Crippen LogP contribution in [0.15, 0.2) is 23.2 Å². The minimum absolute atomic E-state index is 0.131. The second kappa shape index (κ2) is 3.74. The van der Waals surface area contributed by atoms with E-state index >= 15 is 0 Å². The minimum atomic E-state index is 0.131. The summed E-state index contributed by atoms with van der Waals surface area (Å²) in [4.78, 5) is 8.19. The summed E-state index contributed by atoms with van der Waals surface area (Å²) in [5.74, 6) is 0. The first-order chi connectivity index (χ1) is 7.19. The number of hydrogen-bond donors (Lipinski definition) is 2. The summed E-state index contributed by atoms with van der Waals surface area (Å²) in [5, 5.41) is 0.547. The lowest BCUT2D eigenvalue weighted by molar-refractivity contribution is 0.397. The van der Waals surface area contributed by atoms with Crippen LogP contribution in [-0.2, 0) is 4.74 Å². The van der Waals surface area contributed by atoms with Crippen molar-refractivity contribution in [1.29, 1.82) is 0 Å². The molecule has 0 spiro atoms. The third kappa shape index (κ3) is 1.99. The molecule has 0 saturated heterocycles. The topological polar surface area (TPSA) is 86.5 Å². The number of nitrogens with zero attached hydrogens (tertiary/aromatic N) is 2. The fourth-order valence-electron chi connectivity index (χ4n) is 1.17. The van der Waals surface area contributed by atoms with Crippen molar-refractivity contribution in [2.45, 2.75) is 0 Å². The monoisotopic (exact) mass is 222 g/mol. The van der Waals surface area contributed by atoms with E-state index in [1.165, 1.54) is 18.4 Å². The highest BCUT2D eigenvalue weighted by Gasteiger charge is 2.01. The number of benzene rings is 1. The van der Waals surface area contributed by atoms with Crippen molar-refractivity contribution < 1.29 is 4.74 Å². The van der Waals surface area contributed by atoms with Gasteiger partial charge in [-0.2, -0.15) is 4.99 Å². The highest BCUT2D eigenvalue weighted by atomic mass is 32.1. The number of nitrogens with two attached hydrogens (primary N) is 2. The Hall–Kier alpha value is -1.82. The average Bonchev–Trinajstić information content (AvgIpc) is 2.57. The predicted molar refractivity (Wildman–Crippen MR) is 62.3 cm³/mol. The van der Waals surface area contributed by atoms with Gasteiger partial charge in [0.25, 0.3) is 6.02 Å². The summed E-state index contributed by atoms with van der Waals surface area (Å²) in [6.07, 6.45) is 0. The van der Waals surface area contributed by atoms with Crippen molar-refractivity contribution in [3.63, 3.8) is 0 Å². The molecule has 0 unspecified atom stereocenters. The first-order valence-corrected chi connectivity index (χ1v) is 5.05. The van der Waals surface area contributed by atoms with Gasteiger partial charge in [-0.25, -0.2) is 4.98 Å². The Bertz CT molecular complexity index is 520. The smallest absolute Gasteiger partial charge is 0.286 e. The molecule has 2 aromatic rings. The molecule has 6 heteroatoms. The average molecular weight is 222 g/mol. The molecule has 0 atom stereocenters. The molecule has 0 radical (unpaired) electrons. The Morgan fingerprint density at radius 3 is 3.07 bits per heavy atom. The van der Waals surface area contributed by atoms with Crippen molar-refractivity contribution >= 4 is 38.4 Å². The second-order valence-corrected chi connectivity index (χ2v) is 3.92. The van der Waals surface area contributed by atoms with E-state index in [1.54, 1.807) is 0 Å². The van der Waals surface area contributed by atoms with Gasteiger partial charge in [-0.15, -0.1) is 0 Å². The molecule has 0 fully saturated rings. The second-order valence-electron chi connectivity index (χ2n) is 2.86. The number of rotatable bonds is 1. The fraction of sp³-hybridized carbons (Fsp3) is 0.111. The van der Waals surface area contributed by atoms with E-state index in [0.29, 0.717) is 5.13 Å². The van der Waals surface area contributed by atoms with E-state index in [-0.39, 0.29) is 6.02 Å². The normalized spacial score (nSPS) is 11.9. The molecule has 0 aliphatic rings. The Kier molecular flexibility index (Phi) is 2.42. The van der Waals surface area contributed by atoms with E-state index in [4.69, 9.17) is 16.2 Å². The summed E-state index contributed by atoms with van der Waals surface area (Å²) in [5.41, 5.74) is 12.6. The summed E-state index contributed by atoms with van der Waals surface area (Å²) in [6.45, 7) is 0. The van der Waals surface area contributed by atoms with Crippen LogP contribution < -0.4 is 11.5 Å². The highest BCUT2D eigenvalue weighted by molar-refractivity contribution is 7.22. The number of amidine groups is 1. The third-order valence-electron chi connectivity index (χ3n) is 1.84. The summed E-state index contributed by atoms with van der Waals surface area (Å²) in [7, 11) is 1.47. The Balaban J connectivity index is 2.46. The van der Waals surface area contributed by atoms with Crippen LogP contribution in [0.5, 0.6) is 0 Å². The van der Waals surface area contributed by atoms with Gasteiger partial charge in [0.2, 0.25) is 0 Å². The molecular formula is C9H10N4OS. The van der Waals surface area contributed by atoms with Crippen molar-refractivity contribution in [2.24, 2.45) is 10.7 Å². The van der Waals surface area contributed by atoms with Gasteiger partial charge in [-0.05, 0) is 18.2 Å². The molecule has 1 aromatic heterocycles. The molecule has 1 heterocycles.